The monoisotopic (exact) mass is 255 g/mol. The Hall–Kier alpha value is -1.70. The van der Waals surface area contributed by atoms with Crippen molar-refractivity contribution in [1.82, 2.24) is 10.3 Å². The second-order valence-corrected chi connectivity index (χ2v) is 3.90. The molecule has 7 nitrogen and oxygen atoms in total. The highest BCUT2D eigenvalue weighted by Crippen LogP contribution is 2.23. The summed E-state index contributed by atoms with van der Waals surface area (Å²) in [6.45, 7) is 1.55. The van der Waals surface area contributed by atoms with Gasteiger partial charge in [-0.2, -0.15) is 0 Å². The highest BCUT2D eigenvalue weighted by molar-refractivity contribution is 5.78. The first-order chi connectivity index (χ1) is 8.47. The number of amides is 1. The third kappa shape index (κ3) is 3.39. The number of nitrogens with zero attached hydrogens (tertiary/aromatic N) is 1. The van der Waals surface area contributed by atoms with Crippen LogP contribution in [0.15, 0.2) is 6.20 Å². The van der Waals surface area contributed by atoms with Crippen molar-refractivity contribution in [2.75, 3.05) is 6.54 Å². The fourth-order valence-electron chi connectivity index (χ4n) is 1.45. The van der Waals surface area contributed by atoms with Gasteiger partial charge < -0.3 is 26.4 Å². The van der Waals surface area contributed by atoms with Crippen LogP contribution >= 0.6 is 0 Å². The molecule has 7 heteroatoms. The van der Waals surface area contributed by atoms with Gasteiger partial charge in [-0.15, -0.1) is 0 Å². The van der Waals surface area contributed by atoms with E-state index in [4.69, 9.17) is 10.8 Å². The first kappa shape index (κ1) is 14.4. The summed E-state index contributed by atoms with van der Waals surface area (Å²) >= 11 is 0. The molecule has 0 aliphatic carbocycles. The van der Waals surface area contributed by atoms with Crippen molar-refractivity contribution in [2.24, 2.45) is 5.73 Å². The van der Waals surface area contributed by atoms with E-state index in [2.05, 4.69) is 10.3 Å². The summed E-state index contributed by atoms with van der Waals surface area (Å²) in [6.07, 6.45) is 0.184. The Kier molecular flexibility index (Phi) is 5.02. The molecular formula is C11H17N3O4. The fourth-order valence-corrected chi connectivity index (χ4v) is 1.45. The zero-order valence-corrected chi connectivity index (χ0v) is 10.1. The lowest BCUT2D eigenvalue weighted by Gasteiger charge is -2.13. The topological polar surface area (TPSA) is 129 Å². The first-order valence-corrected chi connectivity index (χ1v) is 5.42. The van der Waals surface area contributed by atoms with Crippen LogP contribution in [0.25, 0.3) is 0 Å². The third-order valence-electron chi connectivity index (χ3n) is 2.57. The summed E-state index contributed by atoms with van der Waals surface area (Å²) in [7, 11) is 0. The van der Waals surface area contributed by atoms with Crippen LogP contribution in [0.5, 0.6) is 5.75 Å². The van der Waals surface area contributed by atoms with Crippen LogP contribution in [0, 0.1) is 6.92 Å². The number of aromatic hydroxyl groups is 1. The maximum Gasteiger partial charge on any atom is 0.247 e. The minimum Gasteiger partial charge on any atom is -0.506 e. The van der Waals surface area contributed by atoms with Crippen molar-refractivity contribution < 1.29 is 20.1 Å². The van der Waals surface area contributed by atoms with E-state index in [-0.39, 0.29) is 25.4 Å². The Morgan fingerprint density at radius 3 is 2.83 bits per heavy atom. The number of hydrogen-bond acceptors (Lipinski definition) is 6. The van der Waals surface area contributed by atoms with Gasteiger partial charge in [-0.25, -0.2) is 0 Å². The number of aliphatic hydroxyl groups excluding tert-OH is 2. The highest BCUT2D eigenvalue weighted by Gasteiger charge is 2.13. The van der Waals surface area contributed by atoms with Gasteiger partial charge in [0.1, 0.15) is 11.9 Å². The van der Waals surface area contributed by atoms with E-state index in [1.165, 1.54) is 6.20 Å². The molecular weight excluding hydrogens is 238 g/mol. The molecule has 1 aromatic heterocycles. The number of aryl methyl sites for hydroxylation is 1. The van der Waals surface area contributed by atoms with Gasteiger partial charge in [0.05, 0.1) is 12.3 Å². The smallest absolute Gasteiger partial charge is 0.247 e. The number of carbonyl (C=O) groups excluding carboxylic acids is 1. The van der Waals surface area contributed by atoms with E-state index in [0.717, 1.165) is 0 Å². The molecule has 0 aromatic carbocycles. The lowest BCUT2D eigenvalue weighted by molar-refractivity contribution is -0.125. The molecule has 0 saturated carbocycles. The molecule has 1 atom stereocenters. The molecule has 1 aromatic rings. The van der Waals surface area contributed by atoms with Crippen molar-refractivity contribution >= 4 is 5.91 Å². The molecule has 1 amide bonds. The average molecular weight is 255 g/mol. The third-order valence-corrected chi connectivity index (χ3v) is 2.57. The van der Waals surface area contributed by atoms with Crippen LogP contribution in [-0.2, 0) is 17.9 Å². The summed E-state index contributed by atoms with van der Waals surface area (Å²) in [6, 6.07) is 0. The van der Waals surface area contributed by atoms with Gasteiger partial charge in [0.25, 0.3) is 0 Å². The molecule has 0 fully saturated rings. The lowest BCUT2D eigenvalue weighted by atomic mass is 10.1. The highest BCUT2D eigenvalue weighted by atomic mass is 16.3. The molecule has 0 saturated heterocycles. The van der Waals surface area contributed by atoms with Gasteiger partial charge in [-0.05, 0) is 6.92 Å². The summed E-state index contributed by atoms with van der Waals surface area (Å²) in [5.74, 6) is -0.831. The number of aromatic nitrogens is 1. The molecule has 0 aliphatic heterocycles. The summed E-state index contributed by atoms with van der Waals surface area (Å²) in [5.41, 5.74) is 6.31. The number of carbonyl (C=O) groups is 1. The maximum atomic E-state index is 10.6. The Morgan fingerprint density at radius 2 is 2.28 bits per heavy atom. The SMILES string of the molecule is Cc1ncc(CO)c(CNCC(O)C(N)=O)c1O. The van der Waals surface area contributed by atoms with Crippen molar-refractivity contribution in [1.29, 1.82) is 0 Å². The molecule has 6 N–H and O–H groups in total. The van der Waals surface area contributed by atoms with Crippen LogP contribution in [0.1, 0.15) is 16.8 Å². The van der Waals surface area contributed by atoms with E-state index in [9.17, 15) is 15.0 Å². The van der Waals surface area contributed by atoms with E-state index < -0.39 is 12.0 Å². The Labute approximate surface area is 104 Å². The first-order valence-electron chi connectivity index (χ1n) is 5.42. The van der Waals surface area contributed by atoms with E-state index in [1.807, 2.05) is 0 Å². The average Bonchev–Trinajstić information content (AvgIpc) is 2.34. The molecule has 1 unspecified atom stereocenters. The number of rotatable bonds is 6. The second-order valence-electron chi connectivity index (χ2n) is 3.90. The molecule has 1 rings (SSSR count). The maximum absolute atomic E-state index is 10.6. The number of nitrogens with two attached hydrogens (primary N) is 1. The number of nitrogens with one attached hydrogen (secondary N) is 1. The Morgan fingerprint density at radius 1 is 1.61 bits per heavy atom. The van der Waals surface area contributed by atoms with Gasteiger partial charge >= 0.3 is 0 Å². The molecule has 0 aliphatic rings. The molecule has 100 valence electrons. The molecule has 0 spiro atoms. The van der Waals surface area contributed by atoms with Crippen molar-refractivity contribution in [2.45, 2.75) is 26.2 Å². The quantitative estimate of drug-likeness (QED) is 0.422. The van der Waals surface area contributed by atoms with Crippen molar-refractivity contribution in [3.8, 4) is 5.75 Å². The van der Waals surface area contributed by atoms with E-state index in [0.29, 0.717) is 16.8 Å². The van der Waals surface area contributed by atoms with Gasteiger partial charge in [-0.3, -0.25) is 9.78 Å². The fraction of sp³-hybridized carbons (Fsp3) is 0.455. The summed E-state index contributed by atoms with van der Waals surface area (Å²) in [4.78, 5) is 14.5. The predicted molar refractivity (Wildman–Crippen MR) is 63.5 cm³/mol. The van der Waals surface area contributed by atoms with Gasteiger partial charge in [-0.1, -0.05) is 0 Å². The van der Waals surface area contributed by atoms with Crippen LogP contribution in [0.3, 0.4) is 0 Å². The van der Waals surface area contributed by atoms with E-state index >= 15 is 0 Å². The zero-order valence-electron chi connectivity index (χ0n) is 10.1. The van der Waals surface area contributed by atoms with Crippen LogP contribution in [-0.4, -0.2) is 38.9 Å². The summed E-state index contributed by atoms with van der Waals surface area (Å²) in [5, 5.41) is 30.9. The zero-order chi connectivity index (χ0) is 13.7. The van der Waals surface area contributed by atoms with Crippen LogP contribution in [0.4, 0.5) is 0 Å². The lowest BCUT2D eigenvalue weighted by Crippen LogP contribution is -2.37. The van der Waals surface area contributed by atoms with Gasteiger partial charge in [0, 0.05) is 30.4 Å². The standard InChI is InChI=1S/C11H17N3O4/c1-6-10(17)8(7(5-15)2-14-6)3-13-4-9(16)11(12)18/h2,9,13,15-17H,3-5H2,1H3,(H2,12,18). The van der Waals surface area contributed by atoms with Crippen LogP contribution in [0.2, 0.25) is 0 Å². The van der Waals surface area contributed by atoms with Crippen molar-refractivity contribution in [3.63, 3.8) is 0 Å². The predicted octanol–water partition coefficient (Wildman–Crippen LogP) is -1.48. The minimum absolute atomic E-state index is 0.0115. The Bertz CT molecular complexity index is 437. The Balaban J connectivity index is 2.72. The minimum atomic E-state index is -1.28. The number of hydrogen-bond donors (Lipinski definition) is 5. The number of primary amides is 1. The second kappa shape index (κ2) is 6.29. The normalized spacial score (nSPS) is 12.4. The van der Waals surface area contributed by atoms with Crippen LogP contribution < -0.4 is 11.1 Å². The van der Waals surface area contributed by atoms with Crippen molar-refractivity contribution in [3.05, 3.63) is 23.0 Å². The molecule has 18 heavy (non-hydrogen) atoms. The number of aliphatic hydroxyl groups is 2. The molecule has 0 radical (unpaired) electrons. The molecule has 0 bridgehead atoms. The summed E-state index contributed by atoms with van der Waals surface area (Å²) < 4.78 is 0. The largest absolute Gasteiger partial charge is 0.506 e. The van der Waals surface area contributed by atoms with Gasteiger partial charge in [0.15, 0.2) is 0 Å². The van der Waals surface area contributed by atoms with E-state index in [1.54, 1.807) is 6.92 Å². The van der Waals surface area contributed by atoms with Gasteiger partial charge in [0.2, 0.25) is 5.91 Å². The number of pyridine rings is 1. The molecule has 1 heterocycles.